The van der Waals surface area contributed by atoms with Gasteiger partial charge in [0.25, 0.3) is 0 Å². The first kappa shape index (κ1) is 32.9. The van der Waals surface area contributed by atoms with E-state index in [4.69, 9.17) is 5.32 Å². The fourth-order valence-corrected chi connectivity index (χ4v) is 5.03. The van der Waals surface area contributed by atoms with Crippen LogP contribution in [0.4, 0.5) is 0 Å². The maximum atomic E-state index is 5.27. The second kappa shape index (κ2) is 17.3. The molecule has 0 aliphatic carbocycles. The molecular weight excluding hydrogens is 606 g/mol. The molecule has 0 amide bonds. The second-order valence-electron chi connectivity index (χ2n) is 10.1. The second-order valence-corrected chi connectivity index (χ2v) is 10.1. The molecule has 1 aliphatic rings. The number of hydrogen-bond acceptors (Lipinski definition) is 7. The Hall–Kier alpha value is -4.51. The summed E-state index contributed by atoms with van der Waals surface area (Å²) in [6, 6.07) is 34.5. The minimum absolute atomic E-state index is 0. The average Bonchev–Trinajstić information content (AvgIpc) is 3.14. The molecule has 1 fully saturated rings. The zero-order valence-corrected chi connectivity index (χ0v) is 26.5. The van der Waals surface area contributed by atoms with E-state index >= 15 is 0 Å². The number of aromatic nitrogens is 6. The largest absolute Gasteiger partial charge is 2.00 e. The first-order chi connectivity index (χ1) is 22.3. The number of piperazine rings is 1. The van der Waals surface area contributed by atoms with Gasteiger partial charge in [0.05, 0.1) is 11.4 Å². The molecule has 0 bridgehead atoms. The van der Waals surface area contributed by atoms with Gasteiger partial charge in [-0.3, -0.25) is 29.9 Å². The van der Waals surface area contributed by atoms with Crippen LogP contribution in [-0.4, -0.2) is 29.9 Å². The molecule has 0 unspecified atom stereocenters. The van der Waals surface area contributed by atoms with Crippen LogP contribution in [0.3, 0.4) is 0 Å². The van der Waals surface area contributed by atoms with Gasteiger partial charge in [-0.1, -0.05) is 48.5 Å². The van der Waals surface area contributed by atoms with E-state index in [1.54, 1.807) is 37.9 Å². The number of hydrogen-bond donors (Lipinski definition) is 1. The Kier molecular flexibility index (Phi) is 12.3. The molecule has 2 radical (unpaired) electrons. The smallest absolute Gasteiger partial charge is 0.648 e. The van der Waals surface area contributed by atoms with Gasteiger partial charge in [0.15, 0.2) is 0 Å². The summed E-state index contributed by atoms with van der Waals surface area (Å²) < 4.78 is 0. The van der Waals surface area contributed by atoms with Crippen LogP contribution in [0.25, 0.3) is 10.6 Å². The molecule has 7 heterocycles. The van der Waals surface area contributed by atoms with Crippen LogP contribution in [0.15, 0.2) is 146 Å². The maximum Gasteiger partial charge on any atom is 2.00 e. The molecule has 9 nitrogen and oxygen atoms in total. The Balaban J connectivity index is 0.000000220. The Morgan fingerprint density at radius 3 is 1.13 bits per heavy atom. The van der Waals surface area contributed by atoms with Gasteiger partial charge in [-0.2, -0.15) is 0 Å². The number of nitrogens with zero attached hydrogens (tertiary/aromatic N) is 8. The summed E-state index contributed by atoms with van der Waals surface area (Å²) in [6.45, 7) is 3.41. The van der Waals surface area contributed by atoms with Crippen molar-refractivity contribution in [3.8, 4) is 0 Å². The van der Waals surface area contributed by atoms with Crippen LogP contribution in [0, 0.1) is 13.1 Å². The molecule has 6 aromatic rings. The summed E-state index contributed by atoms with van der Waals surface area (Å²) in [4.78, 5) is 26.7. The van der Waals surface area contributed by atoms with Crippen LogP contribution >= 0.6 is 0 Å². The first-order valence-electron chi connectivity index (χ1n) is 14.6. The molecule has 10 heteroatoms. The zero-order valence-electron chi connectivity index (χ0n) is 24.9. The molecule has 1 saturated heterocycles. The first-order valence-corrected chi connectivity index (χ1v) is 14.6. The number of nitrogens with one attached hydrogen (secondary N) is 1. The summed E-state index contributed by atoms with van der Waals surface area (Å²) in [6.07, 6.45) is 10.7. The average molecular weight is 638 g/mol. The van der Waals surface area contributed by atoms with Gasteiger partial charge in [-0.05, 0) is 72.8 Å². The van der Waals surface area contributed by atoms with Crippen LogP contribution in [-0.2, 0) is 21.7 Å². The molecule has 1 aliphatic heterocycles. The van der Waals surface area contributed by atoms with E-state index < -0.39 is 0 Å². The molecule has 1 N–H and O–H groups in total. The van der Waals surface area contributed by atoms with Crippen LogP contribution < -0.4 is 5.32 Å². The van der Waals surface area contributed by atoms with Crippen molar-refractivity contribution in [3.05, 3.63) is 204 Å². The third-order valence-corrected chi connectivity index (χ3v) is 7.10. The summed E-state index contributed by atoms with van der Waals surface area (Å²) >= 11 is 0. The molecule has 0 aromatic carbocycles. The van der Waals surface area contributed by atoms with Gasteiger partial charge >= 0.3 is 21.7 Å². The van der Waals surface area contributed by atoms with Crippen molar-refractivity contribution >= 4 is 0 Å². The summed E-state index contributed by atoms with van der Waals surface area (Å²) in [5.41, 5.74) is 5.34. The van der Waals surface area contributed by atoms with Gasteiger partial charge in [-0.25, -0.2) is 0 Å². The molecule has 0 spiro atoms. The maximum absolute atomic E-state index is 5.27. The SMILES string of the molecule is [CH]([N-][CH]c1ccccn1)c1ccccn1.[Ti+2].c1ccc([C@H]2[N-][C@@H](c3ccccn3)[C@H](c3ccccn3)N[C@@H]2c2ccccn2)nc1. The Morgan fingerprint density at radius 2 is 0.804 bits per heavy atom. The van der Waals surface area contributed by atoms with Crippen molar-refractivity contribution in [1.82, 2.24) is 35.2 Å². The molecular formula is C36H31N9Ti. The van der Waals surface area contributed by atoms with Crippen LogP contribution in [0.2, 0.25) is 0 Å². The van der Waals surface area contributed by atoms with Gasteiger partial charge in [-0.15, -0.1) is 13.1 Å². The van der Waals surface area contributed by atoms with Gasteiger partial charge in [0, 0.05) is 72.0 Å². The normalized spacial score (nSPS) is 18.8. The Labute approximate surface area is 284 Å². The summed E-state index contributed by atoms with van der Waals surface area (Å²) in [5, 5.41) is 13.2. The van der Waals surface area contributed by atoms with Crippen LogP contribution in [0.5, 0.6) is 0 Å². The van der Waals surface area contributed by atoms with E-state index in [0.29, 0.717) is 0 Å². The predicted octanol–water partition coefficient (Wildman–Crippen LogP) is 7.08. The number of pyridine rings is 6. The Morgan fingerprint density at radius 1 is 0.457 bits per heavy atom. The van der Waals surface area contributed by atoms with Crippen molar-refractivity contribution in [2.24, 2.45) is 0 Å². The number of rotatable bonds is 8. The van der Waals surface area contributed by atoms with E-state index in [0.717, 1.165) is 34.2 Å². The fourth-order valence-electron chi connectivity index (χ4n) is 5.03. The van der Waals surface area contributed by atoms with E-state index in [1.165, 1.54) is 0 Å². The van der Waals surface area contributed by atoms with Gasteiger partial charge < -0.3 is 16.0 Å². The third kappa shape index (κ3) is 8.81. The zero-order chi connectivity index (χ0) is 30.5. The van der Waals surface area contributed by atoms with E-state index in [2.05, 4.69) is 40.5 Å². The third-order valence-electron chi connectivity index (χ3n) is 7.10. The molecule has 7 rings (SSSR count). The van der Waals surface area contributed by atoms with Crippen molar-refractivity contribution in [3.63, 3.8) is 0 Å². The monoisotopic (exact) mass is 637 g/mol. The summed E-state index contributed by atoms with van der Waals surface area (Å²) in [7, 11) is 0. The molecule has 6 aromatic heterocycles. The molecule has 4 atom stereocenters. The van der Waals surface area contributed by atoms with E-state index in [9.17, 15) is 0 Å². The van der Waals surface area contributed by atoms with Crippen LogP contribution in [0.1, 0.15) is 58.3 Å². The van der Waals surface area contributed by atoms with Crippen molar-refractivity contribution in [2.75, 3.05) is 0 Å². The Bertz CT molecular complexity index is 1470. The minimum atomic E-state index is -0.201. The van der Waals surface area contributed by atoms with Gasteiger partial charge in [0.1, 0.15) is 0 Å². The molecule has 46 heavy (non-hydrogen) atoms. The van der Waals surface area contributed by atoms with Crippen molar-refractivity contribution in [2.45, 2.75) is 24.2 Å². The minimum Gasteiger partial charge on any atom is -0.648 e. The van der Waals surface area contributed by atoms with Gasteiger partial charge in [0.2, 0.25) is 0 Å². The quantitative estimate of drug-likeness (QED) is 0.177. The summed E-state index contributed by atoms with van der Waals surface area (Å²) in [5.74, 6) is 0. The predicted molar refractivity (Wildman–Crippen MR) is 173 cm³/mol. The van der Waals surface area contributed by atoms with Crippen molar-refractivity contribution in [1.29, 1.82) is 0 Å². The molecule has 224 valence electrons. The standard InChI is InChI=1S/C24H21N6.C12H10N3.Ti/c1-5-13-25-17(9-1)21-22(18-10-2-6-14-26-18)30-24(20-12-4-8-16-28-20)23(29-21)19-11-3-7-15-27-19;1-3-7-14-11(5-1)9-13-10-12-6-2-4-8-15-12;/h1-16,21-24,29H;1-10H;/q2*-1;+2/t21-,22-,23+,24+;;. The fraction of sp³-hybridized carbons (Fsp3) is 0.111. The van der Waals surface area contributed by atoms with E-state index in [1.807, 2.05) is 122 Å². The molecule has 0 saturated carbocycles. The van der Waals surface area contributed by atoms with E-state index in [-0.39, 0.29) is 45.9 Å². The topological polar surface area (TPSA) is 118 Å². The van der Waals surface area contributed by atoms with Crippen molar-refractivity contribution < 1.29 is 21.7 Å².